The number of fused-ring (bicyclic) bond motifs is 1. The molecule has 2 aromatic heterocycles. The molecule has 4 unspecified atom stereocenters. The van der Waals surface area contributed by atoms with Crippen molar-refractivity contribution >= 4 is 79.7 Å². The van der Waals surface area contributed by atoms with Crippen LogP contribution in [0.15, 0.2) is 104 Å². The summed E-state index contributed by atoms with van der Waals surface area (Å²) in [6, 6.07) is 10.8. The minimum Gasteiger partial charge on any atom is -0.368 e. The number of carbonyl (C=O) groups excluding carboxylic acids is 8. The van der Waals surface area contributed by atoms with Crippen LogP contribution >= 0.6 is 21.6 Å². The smallest absolute Gasteiger partial charge is 0.244 e. The molecule has 20 nitrogen and oxygen atoms in total. The molecule has 0 aliphatic carbocycles. The second-order valence-corrected chi connectivity index (χ2v) is 21.7. The van der Waals surface area contributed by atoms with Gasteiger partial charge < -0.3 is 59.4 Å². The van der Waals surface area contributed by atoms with Crippen LogP contribution < -0.4 is 54.4 Å². The first-order valence-electron chi connectivity index (χ1n) is 25.4. The fourth-order valence-corrected chi connectivity index (χ4v) is 10.9. The predicted molar refractivity (Wildman–Crippen MR) is 293 cm³/mol. The van der Waals surface area contributed by atoms with E-state index < -0.39 is 113 Å². The van der Waals surface area contributed by atoms with E-state index in [9.17, 15) is 47.1 Å². The molecule has 78 heavy (non-hydrogen) atoms. The molecule has 24 heteroatoms. The van der Waals surface area contributed by atoms with Gasteiger partial charge in [-0.15, -0.1) is 0 Å². The minimum absolute atomic E-state index is 0.0567. The van der Waals surface area contributed by atoms with E-state index in [4.69, 9.17) is 17.2 Å². The molecule has 1 aliphatic heterocycles. The SMILES string of the molecule is CC(C)C1NC(=O)[C@H](CCCCN)NC(=O)C(Cc2c[nH]c3ccccc23)NC(=O)[C@H](Cc2cccnc2)NC(=O)C(NC(=O)[C@@H](N)Cc2ccccc2F)CSSCC(C(=O)N[C@@H](Cc2ccccc2F)C(N)=O)NC1=O. The summed E-state index contributed by atoms with van der Waals surface area (Å²) in [7, 11) is 1.95. The maximum atomic E-state index is 14.8. The normalized spacial score (nSPS) is 21.0. The van der Waals surface area contributed by atoms with Crippen molar-refractivity contribution in [2.75, 3.05) is 18.1 Å². The summed E-state index contributed by atoms with van der Waals surface area (Å²) in [6.07, 6.45) is 4.76. The molecule has 1 aliphatic rings. The van der Waals surface area contributed by atoms with E-state index in [1.165, 1.54) is 48.8 Å². The third-order valence-corrected chi connectivity index (χ3v) is 15.4. The molecule has 0 spiro atoms. The number of nitrogens with one attached hydrogen (secondary N) is 8. The van der Waals surface area contributed by atoms with Crippen LogP contribution in [0.3, 0.4) is 0 Å². The first-order valence-corrected chi connectivity index (χ1v) is 27.9. The topological polar surface area (TPSA) is 328 Å². The molecular weight excluding hydrogens is 1050 g/mol. The number of halogens is 2. The Morgan fingerprint density at radius 2 is 1.32 bits per heavy atom. The summed E-state index contributed by atoms with van der Waals surface area (Å²) in [6.45, 7) is 3.57. The highest BCUT2D eigenvalue weighted by molar-refractivity contribution is 8.76. The van der Waals surface area contributed by atoms with Crippen LogP contribution in [-0.2, 0) is 64.0 Å². The Hall–Kier alpha value is -7.41. The van der Waals surface area contributed by atoms with Crippen LogP contribution in [-0.4, -0.2) is 124 Å². The maximum Gasteiger partial charge on any atom is 0.244 e. The van der Waals surface area contributed by atoms with Crippen LogP contribution in [0.2, 0.25) is 0 Å². The Labute approximate surface area is 457 Å². The van der Waals surface area contributed by atoms with E-state index in [2.05, 4.69) is 47.2 Å². The number of pyridine rings is 1. The first kappa shape index (κ1) is 59.8. The number of aromatic nitrogens is 2. The lowest BCUT2D eigenvalue weighted by atomic mass is 10.00. The number of hydrogen-bond donors (Lipinski definition) is 11. The fraction of sp³-hybridized carbons (Fsp3) is 0.389. The van der Waals surface area contributed by atoms with Gasteiger partial charge in [-0.05, 0) is 84.7 Å². The van der Waals surface area contributed by atoms with Crippen LogP contribution in [0.1, 0.15) is 55.4 Å². The van der Waals surface area contributed by atoms with Gasteiger partial charge in [0.05, 0.1) is 6.04 Å². The third-order valence-electron chi connectivity index (χ3n) is 12.9. The monoisotopic (exact) mass is 1110 g/mol. The van der Waals surface area contributed by atoms with E-state index >= 15 is 0 Å². The van der Waals surface area contributed by atoms with Crippen molar-refractivity contribution in [3.05, 3.63) is 137 Å². The Morgan fingerprint density at radius 3 is 1.97 bits per heavy atom. The fourth-order valence-electron chi connectivity index (χ4n) is 8.57. The van der Waals surface area contributed by atoms with E-state index in [-0.39, 0.29) is 61.3 Å². The molecular formula is C54H66F2N12O8S2. The van der Waals surface area contributed by atoms with E-state index in [1.54, 1.807) is 44.3 Å². The van der Waals surface area contributed by atoms with Crippen LogP contribution in [0.5, 0.6) is 0 Å². The molecule has 1 fully saturated rings. The number of benzene rings is 3. The number of amides is 8. The molecule has 8 amide bonds. The first-order chi connectivity index (χ1) is 37.4. The van der Waals surface area contributed by atoms with Gasteiger partial charge in [0.25, 0.3) is 0 Å². The third kappa shape index (κ3) is 17.3. The second kappa shape index (κ2) is 29.4. The summed E-state index contributed by atoms with van der Waals surface area (Å²) in [5, 5.41) is 19.7. The standard InChI is InChI=1S/C54H66F2N12O8S2/c1-30(2)46-54(76)67-45(52(74)63-41(47(59)69)24-33-14-4-7-17-37(33)56)29-78-77-28-44(66-48(70)38(58)23-32-13-3-6-16-36(32)55)53(75)64-42(22-31-12-11-21-60-26-31)50(72)65-43(25-34-27-61-39-18-8-5-15-35(34)39)51(73)62-40(49(71)68-46)19-9-10-20-57/h3-8,11-18,21,26-27,30,38,40-46,61H,9-10,19-20,22-25,28-29,57-58H2,1-2H3,(H2,59,69)(H,62,73)(H,63,74)(H,64,75)(H,65,72)(H,66,70)(H,67,76)(H,68,71)/t38-,40-,41-,42-,43?,44?,45?,46?/m0/s1. The number of para-hydroxylation sites is 1. The molecule has 6 rings (SSSR count). The average Bonchev–Trinajstić information content (AvgIpc) is 3.86. The number of rotatable bonds is 18. The van der Waals surface area contributed by atoms with Crippen molar-refractivity contribution in [2.24, 2.45) is 23.1 Å². The zero-order valence-electron chi connectivity index (χ0n) is 43.1. The second-order valence-electron chi connectivity index (χ2n) is 19.2. The predicted octanol–water partition coefficient (Wildman–Crippen LogP) is 1.50. The van der Waals surface area contributed by atoms with E-state index in [0.29, 0.717) is 24.0 Å². The highest BCUT2D eigenvalue weighted by Gasteiger charge is 2.36. The Bertz CT molecular complexity index is 2900. The van der Waals surface area contributed by atoms with Crippen molar-refractivity contribution in [1.29, 1.82) is 0 Å². The van der Waals surface area contributed by atoms with Gasteiger partial charge in [-0.3, -0.25) is 43.3 Å². The van der Waals surface area contributed by atoms with Crippen molar-refractivity contribution in [2.45, 2.75) is 107 Å². The van der Waals surface area contributed by atoms with E-state index in [1.807, 2.05) is 24.3 Å². The van der Waals surface area contributed by atoms with Gasteiger partial charge in [-0.25, -0.2) is 8.78 Å². The molecule has 14 N–H and O–H groups in total. The summed E-state index contributed by atoms with van der Waals surface area (Å²) >= 11 is 0. The number of hydrogen-bond acceptors (Lipinski definition) is 13. The van der Waals surface area contributed by atoms with Crippen molar-refractivity contribution in [3.8, 4) is 0 Å². The van der Waals surface area contributed by atoms with Gasteiger partial charge in [0.1, 0.15) is 53.9 Å². The zero-order chi connectivity index (χ0) is 56.3. The molecule has 416 valence electrons. The van der Waals surface area contributed by atoms with Crippen molar-refractivity contribution in [1.82, 2.24) is 47.2 Å². The quantitative estimate of drug-likeness (QED) is 0.0439. The molecule has 1 saturated heterocycles. The number of unbranched alkanes of at least 4 members (excludes halogenated alkanes) is 1. The Kier molecular flexibility index (Phi) is 22.5. The zero-order valence-corrected chi connectivity index (χ0v) is 44.7. The molecule has 0 bridgehead atoms. The van der Waals surface area contributed by atoms with Crippen LogP contribution in [0, 0.1) is 17.6 Å². The van der Waals surface area contributed by atoms with E-state index in [0.717, 1.165) is 32.5 Å². The number of nitrogens with two attached hydrogens (primary N) is 3. The number of primary amides is 1. The van der Waals surface area contributed by atoms with Crippen molar-refractivity contribution in [3.63, 3.8) is 0 Å². The molecule has 3 heterocycles. The molecule has 3 aromatic carbocycles. The molecule has 8 atom stereocenters. The Balaban J connectivity index is 1.39. The lowest BCUT2D eigenvalue weighted by molar-refractivity contribution is -0.136. The largest absolute Gasteiger partial charge is 0.368 e. The van der Waals surface area contributed by atoms with Gasteiger partial charge in [0, 0.05) is 60.3 Å². The van der Waals surface area contributed by atoms with Gasteiger partial charge >= 0.3 is 0 Å². The molecule has 0 radical (unpaired) electrons. The van der Waals surface area contributed by atoms with Crippen LogP contribution in [0.25, 0.3) is 10.9 Å². The number of nitrogens with zero attached hydrogens (tertiary/aromatic N) is 1. The van der Waals surface area contributed by atoms with Gasteiger partial charge in [-0.2, -0.15) is 0 Å². The Morgan fingerprint density at radius 1 is 0.705 bits per heavy atom. The highest BCUT2D eigenvalue weighted by Crippen LogP contribution is 2.25. The lowest BCUT2D eigenvalue weighted by Crippen LogP contribution is -2.61. The van der Waals surface area contributed by atoms with Gasteiger partial charge in [0.15, 0.2) is 0 Å². The number of aromatic amines is 1. The van der Waals surface area contributed by atoms with Crippen molar-refractivity contribution < 1.29 is 47.1 Å². The molecule has 0 saturated carbocycles. The highest BCUT2D eigenvalue weighted by atomic mass is 33.1. The van der Waals surface area contributed by atoms with Crippen LogP contribution in [0.4, 0.5) is 8.78 Å². The van der Waals surface area contributed by atoms with Gasteiger partial charge in [-0.1, -0.05) is 96.1 Å². The summed E-state index contributed by atoms with van der Waals surface area (Å²) in [4.78, 5) is 121. The molecule has 5 aromatic rings. The summed E-state index contributed by atoms with van der Waals surface area (Å²) < 4.78 is 29.5. The average molecular weight is 1110 g/mol. The summed E-state index contributed by atoms with van der Waals surface area (Å²) in [5.74, 6) is -9.19. The number of carbonyl (C=O) groups is 8. The number of H-pyrrole nitrogens is 1. The summed E-state index contributed by atoms with van der Waals surface area (Å²) in [5.41, 5.74) is 20.0. The minimum atomic E-state index is -1.48. The maximum absolute atomic E-state index is 14.8. The lowest BCUT2D eigenvalue weighted by Gasteiger charge is -2.29. The van der Waals surface area contributed by atoms with Gasteiger partial charge in [0.2, 0.25) is 47.3 Å².